The zero-order valence-corrected chi connectivity index (χ0v) is 12.4. The molecule has 0 spiro atoms. The topological polar surface area (TPSA) is 93.5 Å². The van der Waals surface area contributed by atoms with Gasteiger partial charge in [0.2, 0.25) is 5.91 Å². The maximum atomic E-state index is 12.0. The third-order valence-corrected chi connectivity index (χ3v) is 4.50. The number of nitrogens with one attached hydrogen (secondary N) is 2. The maximum Gasteiger partial charge on any atom is 0.294 e. The summed E-state index contributed by atoms with van der Waals surface area (Å²) in [5.41, 5.74) is 0. The van der Waals surface area contributed by atoms with Crippen molar-refractivity contribution in [3.8, 4) is 0 Å². The number of rotatable bonds is 9. The number of fused-ring (bicyclic) bond motifs is 1. The number of carbonyl (C=O) groups is 1. The summed E-state index contributed by atoms with van der Waals surface area (Å²) in [5, 5.41) is 15.6. The minimum Gasteiger partial charge on any atom is -0.355 e. The molecule has 1 aliphatic carbocycles. The standard InChI is InChI=1S/C14H25N3O4/c18-14(13-10-11-6-5-7-12(11)16-13)15-8-3-1-2-4-9-21-17(19)20/h11-13,16H,1-10H2,(H,15,18)/t11-,12-,13?/m0/s1. The van der Waals surface area contributed by atoms with E-state index >= 15 is 0 Å². The van der Waals surface area contributed by atoms with Gasteiger partial charge in [-0.3, -0.25) is 4.79 Å². The Kier molecular flexibility index (Phi) is 6.22. The van der Waals surface area contributed by atoms with Crippen molar-refractivity contribution in [3.63, 3.8) is 0 Å². The zero-order valence-electron chi connectivity index (χ0n) is 12.4. The second kappa shape index (κ2) is 8.17. The molecule has 2 aliphatic rings. The molecule has 7 nitrogen and oxygen atoms in total. The van der Waals surface area contributed by atoms with Gasteiger partial charge in [0.15, 0.2) is 0 Å². The number of nitrogens with zero attached hydrogens (tertiary/aromatic N) is 1. The number of hydrogen-bond donors (Lipinski definition) is 2. The molecule has 1 amide bonds. The van der Waals surface area contributed by atoms with E-state index in [1.165, 1.54) is 19.3 Å². The van der Waals surface area contributed by atoms with Crippen LogP contribution in [0.25, 0.3) is 0 Å². The van der Waals surface area contributed by atoms with Crippen LogP contribution in [0.3, 0.4) is 0 Å². The van der Waals surface area contributed by atoms with Crippen molar-refractivity contribution in [2.75, 3.05) is 13.2 Å². The molecule has 1 saturated carbocycles. The van der Waals surface area contributed by atoms with E-state index in [2.05, 4.69) is 15.5 Å². The Morgan fingerprint density at radius 1 is 1.29 bits per heavy atom. The molecule has 0 radical (unpaired) electrons. The van der Waals surface area contributed by atoms with Crippen LogP contribution in [0.1, 0.15) is 51.4 Å². The fraction of sp³-hybridized carbons (Fsp3) is 0.929. The van der Waals surface area contributed by atoms with Crippen LogP contribution in [0, 0.1) is 16.0 Å². The maximum absolute atomic E-state index is 12.0. The molecule has 2 rings (SSSR count). The molecule has 0 aromatic rings. The molecule has 3 atom stereocenters. The van der Waals surface area contributed by atoms with Gasteiger partial charge in [-0.15, -0.1) is 10.1 Å². The third-order valence-electron chi connectivity index (χ3n) is 4.50. The van der Waals surface area contributed by atoms with Crippen LogP contribution in [0.5, 0.6) is 0 Å². The number of unbranched alkanes of at least 4 members (excludes halogenated alkanes) is 3. The minimum atomic E-state index is -0.760. The molecule has 2 N–H and O–H groups in total. The molecule has 2 fully saturated rings. The normalized spacial score (nSPS) is 27.3. The average Bonchev–Trinajstić information content (AvgIpc) is 3.02. The first-order valence-electron chi connectivity index (χ1n) is 7.98. The minimum absolute atomic E-state index is 0.00575. The Morgan fingerprint density at radius 2 is 2.10 bits per heavy atom. The van der Waals surface area contributed by atoms with Crippen molar-refractivity contribution in [3.05, 3.63) is 10.1 Å². The van der Waals surface area contributed by atoms with Crippen LogP contribution >= 0.6 is 0 Å². The van der Waals surface area contributed by atoms with Crippen molar-refractivity contribution in [2.24, 2.45) is 5.92 Å². The molecule has 1 unspecified atom stereocenters. The van der Waals surface area contributed by atoms with E-state index in [0.717, 1.165) is 25.7 Å². The van der Waals surface area contributed by atoms with Crippen molar-refractivity contribution in [2.45, 2.75) is 63.5 Å². The Bertz CT molecular complexity index is 352. The van der Waals surface area contributed by atoms with Crippen LogP contribution in [-0.4, -0.2) is 36.2 Å². The van der Waals surface area contributed by atoms with Crippen molar-refractivity contribution >= 4 is 5.91 Å². The quantitative estimate of drug-likeness (QED) is 0.381. The summed E-state index contributed by atoms with van der Waals surface area (Å²) in [4.78, 5) is 26.2. The molecule has 0 aromatic carbocycles. The van der Waals surface area contributed by atoms with E-state index in [1.807, 2.05) is 0 Å². The lowest BCUT2D eigenvalue weighted by atomic mass is 10.0. The van der Waals surface area contributed by atoms with E-state index in [0.29, 0.717) is 24.9 Å². The summed E-state index contributed by atoms with van der Waals surface area (Å²) < 4.78 is 0. The van der Waals surface area contributed by atoms with Gasteiger partial charge in [0.1, 0.15) is 0 Å². The molecular formula is C14H25N3O4. The summed E-state index contributed by atoms with van der Waals surface area (Å²) in [6.45, 7) is 0.844. The predicted octanol–water partition coefficient (Wildman–Crippen LogP) is 1.40. The Labute approximate surface area is 124 Å². The van der Waals surface area contributed by atoms with Gasteiger partial charge >= 0.3 is 0 Å². The molecule has 1 saturated heterocycles. The first-order valence-corrected chi connectivity index (χ1v) is 7.98. The van der Waals surface area contributed by atoms with Gasteiger partial charge in [0, 0.05) is 12.6 Å². The fourth-order valence-corrected chi connectivity index (χ4v) is 3.40. The van der Waals surface area contributed by atoms with Crippen LogP contribution in [0.15, 0.2) is 0 Å². The van der Waals surface area contributed by atoms with Gasteiger partial charge in [-0.1, -0.05) is 19.3 Å². The van der Waals surface area contributed by atoms with E-state index < -0.39 is 5.09 Å². The van der Waals surface area contributed by atoms with Gasteiger partial charge < -0.3 is 15.5 Å². The Morgan fingerprint density at radius 3 is 2.86 bits per heavy atom. The lowest BCUT2D eigenvalue weighted by Gasteiger charge is -2.13. The fourth-order valence-electron chi connectivity index (χ4n) is 3.40. The van der Waals surface area contributed by atoms with E-state index in [-0.39, 0.29) is 18.6 Å². The van der Waals surface area contributed by atoms with Gasteiger partial charge in [0.25, 0.3) is 5.09 Å². The predicted molar refractivity (Wildman–Crippen MR) is 77.1 cm³/mol. The first-order chi connectivity index (χ1) is 10.2. The van der Waals surface area contributed by atoms with Crippen LogP contribution in [-0.2, 0) is 9.63 Å². The molecular weight excluding hydrogens is 274 g/mol. The highest BCUT2D eigenvalue weighted by atomic mass is 16.9. The molecule has 1 aliphatic heterocycles. The summed E-state index contributed by atoms with van der Waals surface area (Å²) in [6, 6.07) is 0.552. The monoisotopic (exact) mass is 299 g/mol. The lowest BCUT2D eigenvalue weighted by molar-refractivity contribution is -0.757. The highest BCUT2D eigenvalue weighted by molar-refractivity contribution is 5.82. The van der Waals surface area contributed by atoms with Gasteiger partial charge in [-0.2, -0.15) is 0 Å². The van der Waals surface area contributed by atoms with E-state index in [4.69, 9.17) is 0 Å². The van der Waals surface area contributed by atoms with Gasteiger partial charge in [-0.05, 0) is 38.0 Å². The van der Waals surface area contributed by atoms with E-state index in [1.54, 1.807) is 0 Å². The summed E-state index contributed by atoms with van der Waals surface area (Å²) >= 11 is 0. The molecule has 0 bridgehead atoms. The van der Waals surface area contributed by atoms with Crippen LogP contribution < -0.4 is 10.6 Å². The summed E-state index contributed by atoms with van der Waals surface area (Å²) in [5.74, 6) is 0.823. The smallest absolute Gasteiger partial charge is 0.294 e. The Balaban J connectivity index is 1.46. The highest BCUT2D eigenvalue weighted by Gasteiger charge is 2.39. The number of carbonyl (C=O) groups excluding carboxylic acids is 1. The van der Waals surface area contributed by atoms with E-state index in [9.17, 15) is 14.9 Å². The lowest BCUT2D eigenvalue weighted by Crippen LogP contribution is -2.42. The van der Waals surface area contributed by atoms with Crippen molar-refractivity contribution in [1.82, 2.24) is 10.6 Å². The van der Waals surface area contributed by atoms with Crippen LogP contribution in [0.2, 0.25) is 0 Å². The van der Waals surface area contributed by atoms with Crippen LogP contribution in [0.4, 0.5) is 0 Å². The summed E-state index contributed by atoms with van der Waals surface area (Å²) in [6.07, 6.45) is 8.16. The highest BCUT2D eigenvalue weighted by Crippen LogP contribution is 2.34. The molecule has 7 heteroatoms. The average molecular weight is 299 g/mol. The zero-order chi connectivity index (χ0) is 15.1. The van der Waals surface area contributed by atoms with Gasteiger partial charge in [0.05, 0.1) is 12.6 Å². The first kappa shape index (κ1) is 16.0. The second-order valence-electron chi connectivity index (χ2n) is 6.01. The molecule has 0 aromatic heterocycles. The third kappa shape index (κ3) is 5.15. The Hall–Kier alpha value is -1.37. The molecule has 21 heavy (non-hydrogen) atoms. The molecule has 1 heterocycles. The molecule has 120 valence electrons. The number of hydrogen-bond acceptors (Lipinski definition) is 5. The SMILES string of the molecule is O=C(NCCCCCCO[N+](=O)[O-])C1C[C@@H]2CCC[C@@H]2N1. The van der Waals surface area contributed by atoms with Crippen molar-refractivity contribution < 1.29 is 14.7 Å². The summed E-state index contributed by atoms with van der Waals surface area (Å²) in [7, 11) is 0. The van der Waals surface area contributed by atoms with Crippen molar-refractivity contribution in [1.29, 1.82) is 0 Å². The number of amides is 1. The largest absolute Gasteiger partial charge is 0.355 e. The van der Waals surface area contributed by atoms with Gasteiger partial charge in [-0.25, -0.2) is 0 Å². The second-order valence-corrected chi connectivity index (χ2v) is 6.01.